The second-order valence-corrected chi connectivity index (χ2v) is 9.60. The van der Waals surface area contributed by atoms with Gasteiger partial charge >= 0.3 is 0 Å². The van der Waals surface area contributed by atoms with Gasteiger partial charge in [0.2, 0.25) is 11.8 Å². The lowest BCUT2D eigenvalue weighted by atomic mass is 10.0. The predicted octanol–water partition coefficient (Wildman–Crippen LogP) is 6.40. The lowest BCUT2D eigenvalue weighted by molar-refractivity contribution is -0.140. The Morgan fingerprint density at radius 2 is 1.57 bits per heavy atom. The third-order valence-corrected chi connectivity index (χ3v) is 6.65. The summed E-state index contributed by atoms with van der Waals surface area (Å²) in [7, 11) is 0. The molecular weight excluding hydrogens is 479 g/mol. The van der Waals surface area contributed by atoms with E-state index in [1.54, 1.807) is 17.0 Å². The third-order valence-electron chi connectivity index (χ3n) is 5.91. The van der Waals surface area contributed by atoms with Crippen molar-refractivity contribution in [2.75, 3.05) is 6.54 Å². The van der Waals surface area contributed by atoms with Crippen LogP contribution in [0.2, 0.25) is 10.0 Å². The summed E-state index contributed by atoms with van der Waals surface area (Å²) in [5.41, 5.74) is 3.84. The van der Waals surface area contributed by atoms with Gasteiger partial charge in [-0.25, -0.2) is 0 Å². The van der Waals surface area contributed by atoms with Gasteiger partial charge in [0, 0.05) is 19.5 Å². The zero-order valence-electron chi connectivity index (χ0n) is 20.3. The van der Waals surface area contributed by atoms with Crippen LogP contribution < -0.4 is 5.32 Å². The fourth-order valence-corrected chi connectivity index (χ4v) is 4.20. The van der Waals surface area contributed by atoms with Gasteiger partial charge in [-0.3, -0.25) is 9.59 Å². The van der Waals surface area contributed by atoms with Crippen LogP contribution in [0.5, 0.6) is 0 Å². The van der Waals surface area contributed by atoms with Crippen molar-refractivity contribution in [3.63, 3.8) is 0 Å². The van der Waals surface area contributed by atoms with Gasteiger partial charge in [-0.05, 0) is 42.2 Å². The van der Waals surface area contributed by atoms with Crippen LogP contribution in [0.25, 0.3) is 0 Å². The predicted molar refractivity (Wildman–Crippen MR) is 144 cm³/mol. The highest BCUT2D eigenvalue weighted by Gasteiger charge is 2.30. The average Bonchev–Trinajstić information content (AvgIpc) is 2.85. The molecule has 0 bridgehead atoms. The molecule has 0 spiro atoms. The quantitative estimate of drug-likeness (QED) is 0.303. The molecule has 0 aromatic heterocycles. The van der Waals surface area contributed by atoms with Gasteiger partial charge in [0.25, 0.3) is 0 Å². The van der Waals surface area contributed by atoms with Crippen molar-refractivity contribution in [3.8, 4) is 0 Å². The topological polar surface area (TPSA) is 49.4 Å². The van der Waals surface area contributed by atoms with E-state index >= 15 is 0 Å². The first-order chi connectivity index (χ1) is 16.9. The molecule has 1 N–H and O–H groups in total. The molecule has 0 radical (unpaired) electrons. The number of carbonyl (C=O) groups excluding carboxylic acids is 2. The molecule has 6 heteroatoms. The Balaban J connectivity index is 1.95. The Bertz CT molecular complexity index is 1120. The molecule has 3 aromatic rings. The standard InChI is InChI=1S/C29H32Cl2N2O2/c1-3-4-16-32-29(35)27(18-22-8-6-5-7-9-22)33(20-24-14-15-25(30)26(31)17-24)28(34)19-23-12-10-21(2)11-13-23/h5-15,17,27H,3-4,16,18-20H2,1-2H3,(H,32,35)/t27-/m1/s1. The largest absolute Gasteiger partial charge is 0.354 e. The van der Waals surface area contributed by atoms with Crippen molar-refractivity contribution < 1.29 is 9.59 Å². The van der Waals surface area contributed by atoms with E-state index in [2.05, 4.69) is 12.2 Å². The number of amides is 2. The molecule has 3 rings (SSSR count). The van der Waals surface area contributed by atoms with E-state index in [-0.39, 0.29) is 24.8 Å². The number of halogens is 2. The van der Waals surface area contributed by atoms with E-state index in [1.807, 2.05) is 67.6 Å². The molecule has 0 aliphatic carbocycles. The van der Waals surface area contributed by atoms with Crippen molar-refractivity contribution in [1.29, 1.82) is 0 Å². The van der Waals surface area contributed by atoms with Crippen LogP contribution in [0, 0.1) is 6.92 Å². The van der Waals surface area contributed by atoms with Crippen LogP contribution in [-0.2, 0) is 29.0 Å². The first-order valence-electron chi connectivity index (χ1n) is 12.0. The van der Waals surface area contributed by atoms with Gasteiger partial charge < -0.3 is 10.2 Å². The molecule has 1 atom stereocenters. The maximum Gasteiger partial charge on any atom is 0.243 e. The van der Waals surface area contributed by atoms with Crippen molar-refractivity contribution in [2.24, 2.45) is 0 Å². The molecule has 4 nitrogen and oxygen atoms in total. The number of hydrogen-bond donors (Lipinski definition) is 1. The highest BCUT2D eigenvalue weighted by Crippen LogP contribution is 2.24. The second-order valence-electron chi connectivity index (χ2n) is 8.78. The maximum absolute atomic E-state index is 13.7. The Morgan fingerprint density at radius 3 is 2.23 bits per heavy atom. The fraction of sp³-hybridized carbons (Fsp3) is 0.310. The van der Waals surface area contributed by atoms with Crippen LogP contribution >= 0.6 is 23.2 Å². The summed E-state index contributed by atoms with van der Waals surface area (Å²) < 4.78 is 0. The van der Waals surface area contributed by atoms with Crippen LogP contribution in [0.15, 0.2) is 72.8 Å². The minimum atomic E-state index is -0.665. The van der Waals surface area contributed by atoms with E-state index < -0.39 is 6.04 Å². The molecular formula is C29H32Cl2N2O2. The van der Waals surface area contributed by atoms with Crippen LogP contribution in [0.3, 0.4) is 0 Å². The number of unbranched alkanes of at least 4 members (excludes halogenated alkanes) is 1. The number of benzene rings is 3. The highest BCUT2D eigenvalue weighted by molar-refractivity contribution is 6.42. The number of rotatable bonds is 11. The van der Waals surface area contributed by atoms with Crippen molar-refractivity contribution >= 4 is 35.0 Å². The van der Waals surface area contributed by atoms with Crippen molar-refractivity contribution in [1.82, 2.24) is 10.2 Å². The number of aryl methyl sites for hydroxylation is 1. The number of carbonyl (C=O) groups is 2. The van der Waals surface area contributed by atoms with E-state index in [9.17, 15) is 9.59 Å². The summed E-state index contributed by atoms with van der Waals surface area (Å²) in [5, 5.41) is 3.91. The van der Waals surface area contributed by atoms with Gasteiger partial charge in [-0.2, -0.15) is 0 Å². The van der Waals surface area contributed by atoms with Gasteiger partial charge in [0.05, 0.1) is 16.5 Å². The summed E-state index contributed by atoms with van der Waals surface area (Å²) >= 11 is 12.4. The summed E-state index contributed by atoms with van der Waals surface area (Å²) in [5.74, 6) is -0.272. The lowest BCUT2D eigenvalue weighted by Gasteiger charge is -2.32. The molecule has 184 valence electrons. The zero-order valence-corrected chi connectivity index (χ0v) is 21.8. The highest BCUT2D eigenvalue weighted by atomic mass is 35.5. The lowest BCUT2D eigenvalue weighted by Crippen LogP contribution is -2.51. The first-order valence-corrected chi connectivity index (χ1v) is 12.7. The molecule has 0 saturated heterocycles. The molecule has 35 heavy (non-hydrogen) atoms. The molecule has 0 heterocycles. The Morgan fingerprint density at radius 1 is 0.886 bits per heavy atom. The summed E-state index contributed by atoms with van der Waals surface area (Å²) in [6.07, 6.45) is 2.48. The van der Waals surface area contributed by atoms with E-state index in [0.717, 1.165) is 35.1 Å². The molecule has 0 aliphatic rings. The summed E-state index contributed by atoms with van der Waals surface area (Å²) in [6, 6.07) is 22.3. The molecule has 0 unspecified atom stereocenters. The van der Waals surface area contributed by atoms with E-state index in [1.165, 1.54) is 0 Å². The summed E-state index contributed by atoms with van der Waals surface area (Å²) in [4.78, 5) is 28.8. The smallest absolute Gasteiger partial charge is 0.243 e. The van der Waals surface area contributed by atoms with Crippen molar-refractivity contribution in [2.45, 2.75) is 52.1 Å². The minimum absolute atomic E-state index is 0.119. The van der Waals surface area contributed by atoms with Crippen LogP contribution in [0.1, 0.15) is 42.0 Å². The average molecular weight is 511 g/mol. The molecule has 2 amide bonds. The first kappa shape index (κ1) is 26.8. The molecule has 0 fully saturated rings. The van der Waals surface area contributed by atoms with Crippen LogP contribution in [-0.4, -0.2) is 29.3 Å². The SMILES string of the molecule is CCCCNC(=O)[C@@H](Cc1ccccc1)N(Cc1ccc(Cl)c(Cl)c1)C(=O)Cc1ccc(C)cc1. The second kappa shape index (κ2) is 13.3. The van der Waals surface area contributed by atoms with Gasteiger partial charge in [0.1, 0.15) is 6.04 Å². The normalized spacial score (nSPS) is 11.7. The summed E-state index contributed by atoms with van der Waals surface area (Å²) in [6.45, 7) is 4.92. The van der Waals surface area contributed by atoms with Crippen LogP contribution in [0.4, 0.5) is 0 Å². The molecule has 0 aliphatic heterocycles. The van der Waals surface area contributed by atoms with Gasteiger partial charge in [-0.15, -0.1) is 0 Å². The minimum Gasteiger partial charge on any atom is -0.354 e. The number of hydrogen-bond acceptors (Lipinski definition) is 2. The molecule has 0 saturated carbocycles. The molecule has 3 aromatic carbocycles. The Labute approximate surface area is 218 Å². The number of nitrogens with zero attached hydrogens (tertiary/aromatic N) is 1. The third kappa shape index (κ3) is 8.12. The van der Waals surface area contributed by atoms with Crippen molar-refractivity contribution in [3.05, 3.63) is 105 Å². The Kier molecular flexibility index (Phi) is 10.2. The maximum atomic E-state index is 13.7. The number of nitrogens with one attached hydrogen (secondary N) is 1. The van der Waals surface area contributed by atoms with E-state index in [0.29, 0.717) is 23.0 Å². The monoisotopic (exact) mass is 510 g/mol. The van der Waals surface area contributed by atoms with Gasteiger partial charge in [0.15, 0.2) is 0 Å². The Hall–Kier alpha value is -2.82. The van der Waals surface area contributed by atoms with Gasteiger partial charge in [-0.1, -0.05) is 103 Å². The fourth-order valence-electron chi connectivity index (χ4n) is 3.88. The van der Waals surface area contributed by atoms with E-state index in [4.69, 9.17) is 23.2 Å². The zero-order chi connectivity index (χ0) is 25.2.